The standard InChI is InChI=1S/C38H51ClN2O15/c1-7-17-51-18-11-9-8-10-12-31(46)38(37(49)50-6)20-29(53-24(3)43)34(41-33(48)22-52-23(2)42)36(56-38)35(55-26(5)45)30(54-25(4)44)21-40-32(47)19-27-13-15-28(39)16-14-27/h1,13-16,29-31,34-36,46H,8-12,17-22H2,2-6H3,(H,40,47)(H,41,48)/t29-,30+,31-,34+,35+,36+,38-/m0/s1. The molecule has 2 amide bonds. The van der Waals surface area contributed by atoms with Crippen molar-refractivity contribution in [2.24, 2.45) is 0 Å². The van der Waals surface area contributed by atoms with Gasteiger partial charge in [-0.3, -0.25) is 28.8 Å². The molecule has 0 spiro atoms. The fourth-order valence-electron chi connectivity index (χ4n) is 6.13. The predicted octanol–water partition coefficient (Wildman–Crippen LogP) is 1.50. The minimum absolute atomic E-state index is 0.0321. The van der Waals surface area contributed by atoms with Crippen LogP contribution in [0.3, 0.4) is 0 Å². The maximum atomic E-state index is 13.8. The van der Waals surface area contributed by atoms with E-state index in [-0.39, 0.29) is 19.4 Å². The van der Waals surface area contributed by atoms with Gasteiger partial charge < -0.3 is 48.9 Å². The van der Waals surface area contributed by atoms with E-state index in [0.29, 0.717) is 42.9 Å². The number of unbranched alkanes of at least 4 members (excludes halogenated alkanes) is 3. The highest BCUT2D eigenvalue weighted by Gasteiger charge is 2.61. The summed E-state index contributed by atoms with van der Waals surface area (Å²) in [5.74, 6) is -3.67. The number of halogens is 1. The Kier molecular flexibility index (Phi) is 20.3. The maximum Gasteiger partial charge on any atom is 0.341 e. The number of amides is 2. The Balaban J connectivity index is 2.63. The smallest absolute Gasteiger partial charge is 0.341 e. The Labute approximate surface area is 330 Å². The molecule has 2 rings (SSSR count). The van der Waals surface area contributed by atoms with Crippen LogP contribution in [0.15, 0.2) is 24.3 Å². The normalized spacial score (nSPS) is 20.5. The van der Waals surface area contributed by atoms with Gasteiger partial charge in [-0.2, -0.15) is 0 Å². The van der Waals surface area contributed by atoms with Gasteiger partial charge in [0.2, 0.25) is 5.91 Å². The number of hydrogen-bond acceptors (Lipinski definition) is 15. The molecule has 0 saturated carbocycles. The van der Waals surface area contributed by atoms with Crippen LogP contribution < -0.4 is 10.6 Å². The van der Waals surface area contributed by atoms with Crippen molar-refractivity contribution in [3.63, 3.8) is 0 Å². The molecule has 17 nitrogen and oxygen atoms in total. The van der Waals surface area contributed by atoms with E-state index in [2.05, 4.69) is 16.6 Å². The van der Waals surface area contributed by atoms with E-state index in [1.54, 1.807) is 24.3 Å². The van der Waals surface area contributed by atoms with Crippen molar-refractivity contribution in [1.82, 2.24) is 10.6 Å². The van der Waals surface area contributed by atoms with Crippen LogP contribution >= 0.6 is 11.6 Å². The summed E-state index contributed by atoms with van der Waals surface area (Å²) in [5, 5.41) is 17.4. The van der Waals surface area contributed by atoms with E-state index < -0.39 is 103 Å². The minimum atomic E-state index is -2.32. The van der Waals surface area contributed by atoms with E-state index >= 15 is 0 Å². The van der Waals surface area contributed by atoms with Crippen molar-refractivity contribution >= 4 is 53.3 Å². The van der Waals surface area contributed by atoms with Crippen molar-refractivity contribution < 1.29 is 71.8 Å². The molecule has 1 aromatic carbocycles. The molecule has 7 atom stereocenters. The second-order valence-electron chi connectivity index (χ2n) is 13.0. The molecular weight excluding hydrogens is 760 g/mol. The summed E-state index contributed by atoms with van der Waals surface area (Å²) in [7, 11) is 1.04. The van der Waals surface area contributed by atoms with Crippen LogP contribution in [0.25, 0.3) is 0 Å². The summed E-state index contributed by atoms with van der Waals surface area (Å²) in [6.45, 7) is 3.54. The fraction of sp³-hybridized carbons (Fsp3) is 0.605. The summed E-state index contributed by atoms with van der Waals surface area (Å²) in [6.07, 6.45) is -1.39. The molecule has 1 aliphatic heterocycles. The summed E-state index contributed by atoms with van der Waals surface area (Å²) in [6, 6.07) is 4.95. The number of ether oxygens (including phenoxy) is 7. The number of terminal acetylenes is 1. The number of benzene rings is 1. The zero-order valence-electron chi connectivity index (χ0n) is 32.2. The lowest BCUT2D eigenvalue weighted by Crippen LogP contribution is -2.71. The molecule has 310 valence electrons. The first-order valence-corrected chi connectivity index (χ1v) is 18.3. The first kappa shape index (κ1) is 47.4. The van der Waals surface area contributed by atoms with Gasteiger partial charge in [-0.1, -0.05) is 48.9 Å². The van der Waals surface area contributed by atoms with Crippen molar-refractivity contribution in [2.75, 3.05) is 33.5 Å². The van der Waals surface area contributed by atoms with Gasteiger partial charge in [-0.05, 0) is 30.5 Å². The minimum Gasteiger partial charge on any atom is -0.467 e. The highest BCUT2D eigenvalue weighted by Crippen LogP contribution is 2.39. The number of methoxy groups -OCH3 is 1. The number of carbonyl (C=O) groups excluding carboxylic acids is 7. The Hall–Kier alpha value is -4.76. The molecule has 0 unspecified atom stereocenters. The number of aliphatic hydroxyl groups is 1. The molecule has 0 aliphatic carbocycles. The molecule has 0 radical (unpaired) electrons. The van der Waals surface area contributed by atoms with E-state index in [0.717, 1.165) is 34.8 Å². The van der Waals surface area contributed by atoms with Crippen LogP contribution in [0.2, 0.25) is 5.02 Å². The van der Waals surface area contributed by atoms with Crippen LogP contribution in [0, 0.1) is 12.3 Å². The number of carbonyl (C=O) groups is 7. The molecule has 1 heterocycles. The molecule has 0 aromatic heterocycles. The largest absolute Gasteiger partial charge is 0.467 e. The average molecular weight is 811 g/mol. The quantitative estimate of drug-likeness (QED) is 0.0653. The van der Waals surface area contributed by atoms with Crippen molar-refractivity contribution in [3.8, 4) is 12.3 Å². The van der Waals surface area contributed by atoms with E-state index in [1.165, 1.54) is 0 Å². The van der Waals surface area contributed by atoms with E-state index in [4.69, 9.17) is 51.2 Å². The molecule has 1 saturated heterocycles. The van der Waals surface area contributed by atoms with Gasteiger partial charge in [-0.15, -0.1) is 6.42 Å². The predicted molar refractivity (Wildman–Crippen MR) is 196 cm³/mol. The zero-order chi connectivity index (χ0) is 41.8. The molecule has 18 heteroatoms. The van der Waals surface area contributed by atoms with Gasteiger partial charge in [-0.25, -0.2) is 4.79 Å². The lowest BCUT2D eigenvalue weighted by Gasteiger charge is -2.50. The number of hydrogen-bond donors (Lipinski definition) is 3. The lowest BCUT2D eigenvalue weighted by molar-refractivity contribution is -0.259. The Morgan fingerprint density at radius 3 is 2.20 bits per heavy atom. The third kappa shape index (κ3) is 15.8. The second kappa shape index (κ2) is 24.0. The number of rotatable bonds is 22. The Morgan fingerprint density at radius 2 is 1.61 bits per heavy atom. The van der Waals surface area contributed by atoms with E-state index in [1.807, 2.05) is 0 Å². The third-order valence-electron chi connectivity index (χ3n) is 8.52. The van der Waals surface area contributed by atoms with Gasteiger partial charge in [0.1, 0.15) is 18.8 Å². The molecule has 3 N–H and O–H groups in total. The molecule has 56 heavy (non-hydrogen) atoms. The second-order valence-corrected chi connectivity index (χ2v) is 13.4. The topological polar surface area (TPSA) is 228 Å². The van der Waals surface area contributed by atoms with Crippen LogP contribution in [-0.4, -0.2) is 122 Å². The number of esters is 5. The van der Waals surface area contributed by atoms with Gasteiger partial charge in [0, 0.05) is 45.7 Å². The maximum absolute atomic E-state index is 13.8. The van der Waals surface area contributed by atoms with Gasteiger partial charge in [0.25, 0.3) is 5.91 Å². The highest BCUT2D eigenvalue weighted by atomic mass is 35.5. The Bertz CT molecular complexity index is 1550. The SMILES string of the molecule is C#CCOCCCCCC[C@H](O)[C@]1(C(=O)OC)C[C@H](OC(C)=O)[C@@H](NC(=O)COC(C)=O)[C@H]([C@H](OC(C)=O)[C@@H](CNC(=O)Cc2ccc(Cl)cc2)OC(C)=O)O1. The molecule has 1 aromatic rings. The van der Waals surface area contributed by atoms with Crippen LogP contribution in [0.5, 0.6) is 0 Å². The van der Waals surface area contributed by atoms with Crippen molar-refractivity contribution in [3.05, 3.63) is 34.9 Å². The van der Waals surface area contributed by atoms with Gasteiger partial charge >= 0.3 is 29.8 Å². The highest BCUT2D eigenvalue weighted by molar-refractivity contribution is 6.30. The number of aliphatic hydroxyl groups excluding tert-OH is 1. The summed E-state index contributed by atoms with van der Waals surface area (Å²) >= 11 is 5.96. The van der Waals surface area contributed by atoms with Gasteiger partial charge in [0.15, 0.2) is 24.4 Å². The summed E-state index contributed by atoms with van der Waals surface area (Å²) < 4.78 is 38.5. The van der Waals surface area contributed by atoms with Crippen LogP contribution in [0.1, 0.15) is 71.8 Å². The fourth-order valence-corrected chi connectivity index (χ4v) is 6.26. The molecule has 0 bridgehead atoms. The van der Waals surface area contributed by atoms with Gasteiger partial charge in [0.05, 0.1) is 32.2 Å². The van der Waals surface area contributed by atoms with Crippen molar-refractivity contribution in [1.29, 1.82) is 0 Å². The van der Waals surface area contributed by atoms with Crippen LogP contribution in [-0.2, 0) is 73.1 Å². The molecule has 1 aliphatic rings. The third-order valence-corrected chi connectivity index (χ3v) is 8.77. The number of nitrogens with one attached hydrogen (secondary N) is 2. The summed E-state index contributed by atoms with van der Waals surface area (Å²) in [5.41, 5.74) is -1.72. The van der Waals surface area contributed by atoms with E-state index in [9.17, 15) is 38.7 Å². The average Bonchev–Trinajstić information content (AvgIpc) is 3.13. The van der Waals surface area contributed by atoms with Crippen LogP contribution in [0.4, 0.5) is 0 Å². The molecule has 1 fully saturated rings. The van der Waals surface area contributed by atoms with Crippen molar-refractivity contribution in [2.45, 2.75) is 115 Å². The Morgan fingerprint density at radius 1 is 0.946 bits per heavy atom. The summed E-state index contributed by atoms with van der Waals surface area (Å²) in [4.78, 5) is 89.3. The first-order chi connectivity index (χ1) is 26.5. The first-order valence-electron chi connectivity index (χ1n) is 17.9. The zero-order valence-corrected chi connectivity index (χ0v) is 32.9. The molecular formula is C38H51ClN2O15. The monoisotopic (exact) mass is 810 g/mol. The lowest BCUT2D eigenvalue weighted by atomic mass is 9.79.